The van der Waals surface area contributed by atoms with E-state index in [2.05, 4.69) is 0 Å². The van der Waals surface area contributed by atoms with E-state index in [1.54, 1.807) is 11.9 Å². The van der Waals surface area contributed by atoms with Crippen molar-refractivity contribution in [3.63, 3.8) is 0 Å². The first-order valence-electron chi connectivity index (χ1n) is 7.72. The summed E-state index contributed by atoms with van der Waals surface area (Å²) in [7, 11) is 1.76. The predicted molar refractivity (Wildman–Crippen MR) is 82.6 cm³/mol. The molecule has 0 aromatic heterocycles. The molecule has 0 spiro atoms. The molecule has 0 aliphatic carbocycles. The second kappa shape index (κ2) is 7.25. The quantitative estimate of drug-likeness (QED) is 0.854. The predicted octanol–water partition coefficient (Wildman–Crippen LogP) is 2.44. The fourth-order valence-corrected chi connectivity index (χ4v) is 2.81. The monoisotopic (exact) mass is 288 g/mol. The third-order valence-corrected chi connectivity index (χ3v) is 4.17. The molecule has 114 valence electrons. The topological polar surface area (TPSA) is 40.6 Å². The molecule has 1 heterocycles. The van der Waals surface area contributed by atoms with Gasteiger partial charge in [-0.2, -0.15) is 0 Å². The van der Waals surface area contributed by atoms with E-state index in [-0.39, 0.29) is 17.9 Å². The zero-order valence-corrected chi connectivity index (χ0v) is 12.9. The van der Waals surface area contributed by atoms with Crippen molar-refractivity contribution in [1.82, 2.24) is 9.80 Å². The van der Waals surface area contributed by atoms with Crippen molar-refractivity contribution in [3.8, 4) is 0 Å². The van der Waals surface area contributed by atoms with Crippen LogP contribution >= 0.6 is 0 Å². The molecule has 2 rings (SSSR count). The Bertz CT molecular complexity index is 487. The molecule has 0 saturated carbocycles. The second-order valence-electron chi connectivity index (χ2n) is 5.60. The molecular weight excluding hydrogens is 264 g/mol. The van der Waals surface area contributed by atoms with Gasteiger partial charge >= 0.3 is 0 Å². The third kappa shape index (κ3) is 3.84. The summed E-state index contributed by atoms with van der Waals surface area (Å²) in [6, 6.07) is 9.68. The lowest BCUT2D eigenvalue weighted by Gasteiger charge is -2.31. The Morgan fingerprint density at radius 1 is 1.29 bits per heavy atom. The van der Waals surface area contributed by atoms with Gasteiger partial charge in [0.15, 0.2) is 0 Å². The van der Waals surface area contributed by atoms with Crippen LogP contribution < -0.4 is 0 Å². The summed E-state index contributed by atoms with van der Waals surface area (Å²) in [5.74, 6) is 0.153. The van der Waals surface area contributed by atoms with Crippen LogP contribution in [0.3, 0.4) is 0 Å². The van der Waals surface area contributed by atoms with E-state index in [0.717, 1.165) is 24.8 Å². The Kier molecular flexibility index (Phi) is 5.37. The Morgan fingerprint density at radius 3 is 2.67 bits per heavy atom. The van der Waals surface area contributed by atoms with Gasteiger partial charge < -0.3 is 9.80 Å². The van der Waals surface area contributed by atoms with Crippen molar-refractivity contribution in [2.24, 2.45) is 0 Å². The molecule has 0 radical (unpaired) electrons. The maximum Gasteiger partial charge on any atom is 0.245 e. The number of carbonyl (C=O) groups excluding carboxylic acids is 2. The molecule has 4 heteroatoms. The SMILES string of the molecule is CCN(Cc1ccccc1)C(=O)C1CCCCC(=O)N1C. The number of likely N-dealkylation sites (tertiary alicyclic amines) is 1. The minimum absolute atomic E-state index is 0.0686. The first-order valence-corrected chi connectivity index (χ1v) is 7.72. The van der Waals surface area contributed by atoms with Crippen LogP contribution in [0.1, 0.15) is 38.2 Å². The molecular formula is C17H24N2O2. The summed E-state index contributed by atoms with van der Waals surface area (Å²) in [6.07, 6.45) is 3.16. The summed E-state index contributed by atoms with van der Waals surface area (Å²) in [5, 5.41) is 0. The molecule has 1 aromatic rings. The minimum Gasteiger partial charge on any atom is -0.337 e. The molecule has 1 aliphatic heterocycles. The fraction of sp³-hybridized carbons (Fsp3) is 0.529. The van der Waals surface area contributed by atoms with Crippen molar-refractivity contribution in [3.05, 3.63) is 35.9 Å². The van der Waals surface area contributed by atoms with E-state index in [9.17, 15) is 9.59 Å². The van der Waals surface area contributed by atoms with Crippen LogP contribution in [0.5, 0.6) is 0 Å². The van der Waals surface area contributed by atoms with Crippen LogP contribution in [-0.4, -0.2) is 41.2 Å². The number of hydrogen-bond acceptors (Lipinski definition) is 2. The van der Waals surface area contributed by atoms with Crippen molar-refractivity contribution in [1.29, 1.82) is 0 Å². The van der Waals surface area contributed by atoms with Gasteiger partial charge in [-0.3, -0.25) is 9.59 Å². The van der Waals surface area contributed by atoms with Gasteiger partial charge in [0.05, 0.1) is 0 Å². The van der Waals surface area contributed by atoms with Gasteiger partial charge in [-0.1, -0.05) is 36.8 Å². The fourth-order valence-electron chi connectivity index (χ4n) is 2.81. The second-order valence-corrected chi connectivity index (χ2v) is 5.60. The lowest BCUT2D eigenvalue weighted by atomic mass is 10.1. The molecule has 1 aliphatic rings. The Balaban J connectivity index is 2.09. The first kappa shape index (κ1) is 15.5. The van der Waals surface area contributed by atoms with Crippen LogP contribution in [0.25, 0.3) is 0 Å². The highest BCUT2D eigenvalue weighted by Gasteiger charge is 2.31. The number of likely N-dealkylation sites (N-methyl/N-ethyl adjacent to an activating group) is 2. The normalized spacial score (nSPS) is 19.2. The number of nitrogens with zero attached hydrogens (tertiary/aromatic N) is 2. The van der Waals surface area contributed by atoms with E-state index in [0.29, 0.717) is 19.5 Å². The van der Waals surface area contributed by atoms with Crippen LogP contribution in [0.2, 0.25) is 0 Å². The lowest BCUT2D eigenvalue weighted by molar-refractivity contribution is -0.144. The maximum absolute atomic E-state index is 12.8. The Morgan fingerprint density at radius 2 is 2.00 bits per heavy atom. The van der Waals surface area contributed by atoms with Gasteiger partial charge in [0.1, 0.15) is 6.04 Å². The Labute approximate surface area is 126 Å². The maximum atomic E-state index is 12.8. The summed E-state index contributed by atoms with van der Waals surface area (Å²) in [4.78, 5) is 28.2. The molecule has 1 saturated heterocycles. The molecule has 1 atom stereocenters. The summed E-state index contributed by atoms with van der Waals surface area (Å²) < 4.78 is 0. The van der Waals surface area contributed by atoms with Crippen molar-refractivity contribution < 1.29 is 9.59 Å². The first-order chi connectivity index (χ1) is 10.1. The molecule has 1 aromatic carbocycles. The highest BCUT2D eigenvalue weighted by Crippen LogP contribution is 2.19. The van der Waals surface area contributed by atoms with E-state index in [1.165, 1.54) is 0 Å². The van der Waals surface area contributed by atoms with Crippen LogP contribution in [0, 0.1) is 0 Å². The van der Waals surface area contributed by atoms with Crippen LogP contribution in [-0.2, 0) is 16.1 Å². The summed E-state index contributed by atoms with van der Waals surface area (Å²) in [5.41, 5.74) is 1.12. The molecule has 0 bridgehead atoms. The van der Waals surface area contributed by atoms with Gasteiger partial charge in [0.2, 0.25) is 11.8 Å². The number of amides is 2. The standard InChI is InChI=1S/C17H24N2O2/c1-3-19(13-14-9-5-4-6-10-14)17(21)15-11-7-8-12-16(20)18(15)2/h4-6,9-10,15H,3,7-8,11-13H2,1-2H3. The molecule has 0 N–H and O–H groups in total. The minimum atomic E-state index is -0.302. The van der Waals surface area contributed by atoms with E-state index in [4.69, 9.17) is 0 Å². The Hall–Kier alpha value is -1.84. The lowest BCUT2D eigenvalue weighted by Crippen LogP contribution is -2.48. The van der Waals surface area contributed by atoms with Gasteiger partial charge in [-0.05, 0) is 25.3 Å². The third-order valence-electron chi connectivity index (χ3n) is 4.17. The summed E-state index contributed by atoms with van der Waals surface area (Å²) >= 11 is 0. The van der Waals surface area contributed by atoms with Gasteiger partial charge in [-0.25, -0.2) is 0 Å². The van der Waals surface area contributed by atoms with Crippen LogP contribution in [0.15, 0.2) is 30.3 Å². The van der Waals surface area contributed by atoms with Crippen molar-refractivity contribution in [2.75, 3.05) is 13.6 Å². The van der Waals surface area contributed by atoms with E-state index in [1.807, 2.05) is 42.2 Å². The van der Waals surface area contributed by atoms with Gasteiger partial charge in [-0.15, -0.1) is 0 Å². The zero-order valence-electron chi connectivity index (χ0n) is 12.9. The number of rotatable bonds is 4. The largest absolute Gasteiger partial charge is 0.337 e. The smallest absolute Gasteiger partial charge is 0.245 e. The molecule has 4 nitrogen and oxygen atoms in total. The molecule has 1 unspecified atom stereocenters. The average Bonchev–Trinajstić information content (AvgIpc) is 2.67. The van der Waals surface area contributed by atoms with E-state index >= 15 is 0 Å². The average molecular weight is 288 g/mol. The number of benzene rings is 1. The highest BCUT2D eigenvalue weighted by atomic mass is 16.2. The van der Waals surface area contributed by atoms with Gasteiger partial charge in [0.25, 0.3) is 0 Å². The van der Waals surface area contributed by atoms with Crippen molar-refractivity contribution in [2.45, 2.75) is 45.2 Å². The molecule has 1 fully saturated rings. The summed E-state index contributed by atoms with van der Waals surface area (Å²) in [6.45, 7) is 3.25. The van der Waals surface area contributed by atoms with Crippen molar-refractivity contribution >= 4 is 11.8 Å². The highest BCUT2D eigenvalue weighted by molar-refractivity contribution is 5.87. The number of carbonyl (C=O) groups is 2. The molecule has 21 heavy (non-hydrogen) atoms. The van der Waals surface area contributed by atoms with E-state index < -0.39 is 0 Å². The number of hydrogen-bond donors (Lipinski definition) is 0. The van der Waals surface area contributed by atoms with Crippen LogP contribution in [0.4, 0.5) is 0 Å². The molecule has 2 amide bonds. The van der Waals surface area contributed by atoms with Gasteiger partial charge in [0, 0.05) is 26.6 Å². The zero-order chi connectivity index (χ0) is 15.2.